The van der Waals surface area contributed by atoms with Crippen molar-refractivity contribution >= 4 is 17.7 Å². The lowest BCUT2D eigenvalue weighted by Gasteiger charge is -2.04. The molecule has 0 aliphatic heterocycles. The molecule has 0 amide bonds. The second-order valence-electron chi connectivity index (χ2n) is 4.12. The topological polar surface area (TPSA) is 84.6 Å². The highest BCUT2D eigenvalue weighted by atomic mass is 16.5. The van der Waals surface area contributed by atoms with Crippen LogP contribution in [0.15, 0.2) is 34.9 Å². The first-order valence-electron chi connectivity index (χ1n) is 6.33. The van der Waals surface area contributed by atoms with E-state index in [0.29, 0.717) is 24.7 Å². The van der Waals surface area contributed by atoms with E-state index in [1.807, 2.05) is 31.2 Å². The van der Waals surface area contributed by atoms with E-state index in [-0.39, 0.29) is 6.42 Å². The fourth-order valence-electron chi connectivity index (χ4n) is 1.64. The van der Waals surface area contributed by atoms with E-state index < -0.39 is 5.97 Å². The molecule has 6 heteroatoms. The van der Waals surface area contributed by atoms with E-state index in [0.717, 1.165) is 11.4 Å². The monoisotopic (exact) mass is 276 g/mol. The Hall–Kier alpha value is -2.50. The molecular formula is C14H16N2O4. The van der Waals surface area contributed by atoms with Gasteiger partial charge in [0.2, 0.25) is 0 Å². The fourth-order valence-corrected chi connectivity index (χ4v) is 1.64. The van der Waals surface area contributed by atoms with Crippen LogP contribution in [-0.4, -0.2) is 22.7 Å². The van der Waals surface area contributed by atoms with Crippen LogP contribution < -0.4 is 10.1 Å². The zero-order valence-corrected chi connectivity index (χ0v) is 11.1. The molecule has 0 aliphatic rings. The van der Waals surface area contributed by atoms with E-state index in [1.165, 1.54) is 6.26 Å². The number of aromatic nitrogens is 1. The number of carboxylic acids is 1. The molecule has 1 aromatic heterocycles. The van der Waals surface area contributed by atoms with Crippen LogP contribution in [0.3, 0.4) is 0 Å². The number of hydrogen-bond donors (Lipinski definition) is 2. The van der Waals surface area contributed by atoms with Crippen LogP contribution in [0.4, 0.5) is 11.7 Å². The number of carboxylic acid groups (broad SMARTS) is 1. The Morgan fingerprint density at radius 3 is 2.80 bits per heavy atom. The molecule has 106 valence electrons. The van der Waals surface area contributed by atoms with Gasteiger partial charge in [-0.1, -0.05) is 0 Å². The minimum absolute atomic E-state index is 0.0367. The second-order valence-corrected chi connectivity index (χ2v) is 4.12. The highest BCUT2D eigenvalue weighted by Crippen LogP contribution is 2.20. The highest BCUT2D eigenvalue weighted by Gasteiger charge is 2.06. The zero-order chi connectivity index (χ0) is 14.4. The van der Waals surface area contributed by atoms with Gasteiger partial charge in [0.1, 0.15) is 12.0 Å². The van der Waals surface area contributed by atoms with Gasteiger partial charge in [-0.25, -0.2) is 0 Å². The molecule has 0 unspecified atom stereocenters. The molecule has 0 fully saturated rings. The van der Waals surface area contributed by atoms with Gasteiger partial charge in [-0.05, 0) is 31.2 Å². The first-order chi connectivity index (χ1) is 9.67. The van der Waals surface area contributed by atoms with Gasteiger partial charge in [0.05, 0.1) is 18.7 Å². The summed E-state index contributed by atoms with van der Waals surface area (Å²) in [7, 11) is 0. The molecular weight excluding hydrogens is 260 g/mol. The van der Waals surface area contributed by atoms with Crippen molar-refractivity contribution < 1.29 is 19.1 Å². The Kier molecular flexibility index (Phi) is 4.60. The van der Waals surface area contributed by atoms with Crippen LogP contribution >= 0.6 is 0 Å². The minimum atomic E-state index is -0.853. The molecule has 0 atom stereocenters. The Morgan fingerprint density at radius 1 is 1.40 bits per heavy atom. The maximum Gasteiger partial charge on any atom is 0.303 e. The quantitative estimate of drug-likeness (QED) is 0.809. The molecule has 0 bridgehead atoms. The SMILES string of the molecule is CCOc1ccc(Nc2nc(CCC(=O)O)co2)cc1. The van der Waals surface area contributed by atoms with Crippen LogP contribution in [0.1, 0.15) is 19.0 Å². The first kappa shape index (κ1) is 13.9. The number of hydrogen-bond acceptors (Lipinski definition) is 5. The summed E-state index contributed by atoms with van der Waals surface area (Å²) < 4.78 is 10.6. The lowest BCUT2D eigenvalue weighted by atomic mass is 10.2. The van der Waals surface area contributed by atoms with Crippen molar-refractivity contribution in [3.8, 4) is 5.75 Å². The molecule has 1 aromatic carbocycles. The summed E-state index contributed by atoms with van der Waals surface area (Å²) in [6, 6.07) is 7.74. The van der Waals surface area contributed by atoms with Crippen LogP contribution in [-0.2, 0) is 11.2 Å². The number of benzene rings is 1. The van der Waals surface area contributed by atoms with Crippen LogP contribution in [0, 0.1) is 0 Å². The van der Waals surface area contributed by atoms with Gasteiger partial charge >= 0.3 is 5.97 Å². The summed E-state index contributed by atoms with van der Waals surface area (Å²) in [5.41, 5.74) is 1.43. The second kappa shape index (κ2) is 6.60. The number of oxazole rings is 1. The fraction of sp³-hybridized carbons (Fsp3) is 0.286. The molecule has 0 aliphatic carbocycles. The number of aliphatic carboxylic acids is 1. The highest BCUT2D eigenvalue weighted by molar-refractivity contribution is 5.67. The van der Waals surface area contributed by atoms with E-state index in [1.54, 1.807) is 0 Å². The molecule has 0 saturated heterocycles. The van der Waals surface area contributed by atoms with Crippen molar-refractivity contribution in [1.82, 2.24) is 4.98 Å². The zero-order valence-electron chi connectivity index (χ0n) is 11.1. The molecule has 6 nitrogen and oxygen atoms in total. The van der Waals surface area contributed by atoms with Crippen molar-refractivity contribution in [1.29, 1.82) is 0 Å². The van der Waals surface area contributed by atoms with Gasteiger partial charge in [0.15, 0.2) is 0 Å². The Bertz CT molecular complexity index is 563. The number of nitrogens with zero attached hydrogens (tertiary/aromatic N) is 1. The summed E-state index contributed by atoms with van der Waals surface area (Å²) in [6.45, 7) is 2.55. The van der Waals surface area contributed by atoms with Crippen LogP contribution in [0.25, 0.3) is 0 Å². The lowest BCUT2D eigenvalue weighted by Crippen LogP contribution is -1.98. The lowest BCUT2D eigenvalue weighted by molar-refractivity contribution is -0.136. The number of aryl methyl sites for hydroxylation is 1. The van der Waals surface area contributed by atoms with Gasteiger partial charge in [0, 0.05) is 12.1 Å². The van der Waals surface area contributed by atoms with Gasteiger partial charge in [-0.3, -0.25) is 4.79 Å². The van der Waals surface area contributed by atoms with E-state index >= 15 is 0 Å². The average molecular weight is 276 g/mol. The molecule has 2 aromatic rings. The van der Waals surface area contributed by atoms with Crippen molar-refractivity contribution in [2.45, 2.75) is 19.8 Å². The first-order valence-corrected chi connectivity index (χ1v) is 6.33. The van der Waals surface area contributed by atoms with Gasteiger partial charge < -0.3 is 19.6 Å². The Labute approximate surface area is 116 Å². The van der Waals surface area contributed by atoms with Gasteiger partial charge in [-0.2, -0.15) is 4.98 Å². The molecule has 0 radical (unpaired) electrons. The van der Waals surface area contributed by atoms with Crippen molar-refractivity contribution in [3.05, 3.63) is 36.2 Å². The van der Waals surface area contributed by atoms with Crippen molar-refractivity contribution in [2.24, 2.45) is 0 Å². The van der Waals surface area contributed by atoms with Crippen LogP contribution in [0.2, 0.25) is 0 Å². The normalized spacial score (nSPS) is 10.2. The standard InChI is InChI=1S/C14H16N2O4/c1-2-19-12-6-3-10(4-7-12)15-14-16-11(9-20-14)5-8-13(17)18/h3-4,6-7,9H,2,5,8H2,1H3,(H,15,16)(H,17,18). The summed E-state index contributed by atoms with van der Waals surface area (Å²) in [4.78, 5) is 14.6. The van der Waals surface area contributed by atoms with Crippen LogP contribution in [0.5, 0.6) is 5.75 Å². The molecule has 20 heavy (non-hydrogen) atoms. The number of anilines is 2. The predicted octanol–water partition coefficient (Wildman–Crippen LogP) is 2.83. The minimum Gasteiger partial charge on any atom is -0.494 e. The predicted molar refractivity (Wildman–Crippen MR) is 73.4 cm³/mol. The maximum absolute atomic E-state index is 10.5. The van der Waals surface area contributed by atoms with Gasteiger partial charge in [0.25, 0.3) is 6.01 Å². The summed E-state index contributed by atoms with van der Waals surface area (Å²) >= 11 is 0. The van der Waals surface area contributed by atoms with E-state index in [4.69, 9.17) is 14.3 Å². The van der Waals surface area contributed by atoms with Crippen molar-refractivity contribution in [2.75, 3.05) is 11.9 Å². The summed E-state index contributed by atoms with van der Waals surface area (Å²) in [5, 5.41) is 11.6. The smallest absolute Gasteiger partial charge is 0.303 e. The van der Waals surface area contributed by atoms with Gasteiger partial charge in [-0.15, -0.1) is 0 Å². The average Bonchev–Trinajstić information content (AvgIpc) is 2.87. The number of carbonyl (C=O) groups is 1. The largest absolute Gasteiger partial charge is 0.494 e. The third kappa shape index (κ3) is 4.01. The number of rotatable bonds is 7. The molecule has 0 saturated carbocycles. The third-order valence-electron chi connectivity index (χ3n) is 2.56. The summed E-state index contributed by atoms with van der Waals surface area (Å²) in [6.07, 6.45) is 1.85. The Morgan fingerprint density at radius 2 is 2.15 bits per heavy atom. The third-order valence-corrected chi connectivity index (χ3v) is 2.56. The number of nitrogens with one attached hydrogen (secondary N) is 1. The summed E-state index contributed by atoms with van der Waals surface area (Å²) in [5.74, 6) is -0.0541. The Balaban J connectivity index is 1.94. The molecule has 2 N–H and O–H groups in total. The van der Waals surface area contributed by atoms with E-state index in [9.17, 15) is 4.79 Å². The molecule has 2 rings (SSSR count). The van der Waals surface area contributed by atoms with E-state index in [2.05, 4.69) is 10.3 Å². The molecule has 1 heterocycles. The van der Waals surface area contributed by atoms with Crippen molar-refractivity contribution in [3.63, 3.8) is 0 Å². The number of ether oxygens (including phenoxy) is 1. The molecule has 0 spiro atoms. The maximum atomic E-state index is 10.5.